The molecule has 4 rings (SSSR count). The fraction of sp³-hybridized carbons (Fsp3) is 0.500. The van der Waals surface area contributed by atoms with Crippen molar-refractivity contribution < 1.29 is 9.53 Å². The molecule has 2 fully saturated rings. The van der Waals surface area contributed by atoms with E-state index in [2.05, 4.69) is 48.2 Å². The van der Waals surface area contributed by atoms with E-state index in [1.165, 1.54) is 0 Å². The van der Waals surface area contributed by atoms with E-state index in [0.717, 1.165) is 60.8 Å². The van der Waals surface area contributed by atoms with Crippen LogP contribution in [0.5, 0.6) is 0 Å². The van der Waals surface area contributed by atoms with E-state index in [4.69, 9.17) is 4.74 Å². The third-order valence-electron chi connectivity index (χ3n) is 5.56. The minimum absolute atomic E-state index is 0.0297. The van der Waals surface area contributed by atoms with Gasteiger partial charge in [0.2, 0.25) is 5.91 Å². The van der Waals surface area contributed by atoms with Crippen LogP contribution in [0.1, 0.15) is 18.3 Å². The third kappa shape index (κ3) is 4.15. The summed E-state index contributed by atoms with van der Waals surface area (Å²) in [6, 6.07) is 8.45. The monoisotopic (exact) mass is 447 g/mol. The lowest BCUT2D eigenvalue weighted by Crippen LogP contribution is -2.45. The summed E-state index contributed by atoms with van der Waals surface area (Å²) in [5.41, 5.74) is 2.05. The molecule has 1 aromatic heterocycles. The average Bonchev–Trinajstić information content (AvgIpc) is 3.37. The summed E-state index contributed by atoms with van der Waals surface area (Å²) in [6.45, 7) is 4.45. The van der Waals surface area contributed by atoms with Crippen LogP contribution >= 0.6 is 15.9 Å². The number of ether oxygens (including phenoxy) is 1. The maximum Gasteiger partial charge on any atom is 0.237 e. The van der Waals surface area contributed by atoms with E-state index < -0.39 is 0 Å². The number of nitrogens with one attached hydrogen (secondary N) is 2. The average molecular weight is 448 g/mol. The van der Waals surface area contributed by atoms with Crippen molar-refractivity contribution in [2.24, 2.45) is 0 Å². The van der Waals surface area contributed by atoms with Crippen molar-refractivity contribution >= 4 is 21.8 Å². The Balaban J connectivity index is 1.56. The first-order valence-corrected chi connectivity index (χ1v) is 10.5. The van der Waals surface area contributed by atoms with Gasteiger partial charge in [-0.05, 0) is 31.2 Å². The largest absolute Gasteiger partial charge is 0.379 e. The highest BCUT2D eigenvalue weighted by Gasteiger charge is 2.40. The molecule has 28 heavy (non-hydrogen) atoms. The van der Waals surface area contributed by atoms with Gasteiger partial charge in [0.05, 0.1) is 37.7 Å². The molecule has 150 valence electrons. The quantitative estimate of drug-likeness (QED) is 0.733. The van der Waals surface area contributed by atoms with Crippen molar-refractivity contribution in [3.8, 4) is 11.3 Å². The molecule has 0 bridgehead atoms. The van der Waals surface area contributed by atoms with Crippen molar-refractivity contribution in [1.82, 2.24) is 25.1 Å². The molecular formula is C20H26BrN5O2. The second kappa shape index (κ2) is 8.73. The number of likely N-dealkylation sites (N-methyl/N-ethyl adjacent to an activating group) is 1. The number of benzene rings is 1. The number of imidazole rings is 1. The highest BCUT2D eigenvalue weighted by atomic mass is 79.9. The minimum Gasteiger partial charge on any atom is -0.379 e. The van der Waals surface area contributed by atoms with Crippen molar-refractivity contribution in [2.75, 3.05) is 46.4 Å². The Labute approximate surface area is 173 Å². The summed E-state index contributed by atoms with van der Waals surface area (Å²) < 4.78 is 6.54. The number of carbonyl (C=O) groups is 1. The Hall–Kier alpha value is -1.74. The van der Waals surface area contributed by atoms with Crippen LogP contribution in [-0.2, 0) is 9.53 Å². The number of halogens is 1. The van der Waals surface area contributed by atoms with Gasteiger partial charge in [-0.25, -0.2) is 4.98 Å². The molecule has 3 heterocycles. The molecule has 2 aliphatic heterocycles. The van der Waals surface area contributed by atoms with Gasteiger partial charge in [-0.3, -0.25) is 9.69 Å². The van der Waals surface area contributed by atoms with E-state index in [0.29, 0.717) is 12.6 Å². The number of hydrogen-bond donors (Lipinski definition) is 2. The Morgan fingerprint density at radius 1 is 1.32 bits per heavy atom. The molecule has 2 N–H and O–H groups in total. The highest BCUT2D eigenvalue weighted by Crippen LogP contribution is 2.34. The van der Waals surface area contributed by atoms with E-state index in [1.54, 1.807) is 7.05 Å². The second-order valence-electron chi connectivity index (χ2n) is 7.32. The Morgan fingerprint density at radius 2 is 2.07 bits per heavy atom. The van der Waals surface area contributed by atoms with Crippen molar-refractivity contribution in [3.63, 3.8) is 0 Å². The predicted octanol–water partition coefficient (Wildman–Crippen LogP) is 2.03. The van der Waals surface area contributed by atoms with Crippen molar-refractivity contribution in [2.45, 2.75) is 18.5 Å². The number of carbonyl (C=O) groups excluding carboxylic acids is 1. The lowest BCUT2D eigenvalue weighted by Gasteiger charge is -2.31. The summed E-state index contributed by atoms with van der Waals surface area (Å²) in [5, 5.41) is 2.99. The molecule has 2 saturated heterocycles. The molecule has 1 aromatic carbocycles. The number of morpholine rings is 1. The second-order valence-corrected chi connectivity index (χ2v) is 8.23. The Bertz CT molecular complexity index is 803. The van der Waals surface area contributed by atoms with Gasteiger partial charge in [-0.15, -0.1) is 0 Å². The molecule has 8 heteroatoms. The first-order chi connectivity index (χ1) is 13.7. The van der Waals surface area contributed by atoms with Crippen LogP contribution in [0.2, 0.25) is 0 Å². The SMILES string of the molecule is CNCC(=O)N1CC(N2CCOCC2)CC1c1ncc(-c2ccc(Br)cc2)[nH]1. The number of H-pyrrole nitrogens is 1. The minimum atomic E-state index is -0.0297. The molecule has 0 aliphatic carbocycles. The van der Waals surface area contributed by atoms with Crippen LogP contribution < -0.4 is 5.32 Å². The summed E-state index contributed by atoms with van der Waals surface area (Å²) in [7, 11) is 1.81. The molecule has 0 saturated carbocycles. The topological polar surface area (TPSA) is 73.5 Å². The number of aromatic nitrogens is 2. The van der Waals surface area contributed by atoms with Crippen LogP contribution in [-0.4, -0.2) is 78.2 Å². The van der Waals surface area contributed by atoms with Gasteiger partial charge in [0.25, 0.3) is 0 Å². The molecule has 2 aliphatic rings. The van der Waals surface area contributed by atoms with Crippen LogP contribution in [0, 0.1) is 0 Å². The third-order valence-corrected chi connectivity index (χ3v) is 6.08. The maximum atomic E-state index is 12.7. The van der Waals surface area contributed by atoms with Crippen molar-refractivity contribution in [1.29, 1.82) is 0 Å². The molecule has 0 radical (unpaired) electrons. The number of amides is 1. The molecule has 7 nitrogen and oxygen atoms in total. The van der Waals surface area contributed by atoms with Crippen LogP contribution in [0.15, 0.2) is 34.9 Å². The lowest BCUT2D eigenvalue weighted by molar-refractivity contribution is -0.131. The maximum absolute atomic E-state index is 12.7. The number of aromatic amines is 1. The molecular weight excluding hydrogens is 422 g/mol. The van der Waals surface area contributed by atoms with Gasteiger partial charge >= 0.3 is 0 Å². The number of nitrogens with zero attached hydrogens (tertiary/aromatic N) is 3. The summed E-state index contributed by atoms with van der Waals surface area (Å²) in [6.07, 6.45) is 2.75. The standard InChI is InChI=1S/C20H26BrN5O2/c1-22-12-19(27)26-13-16(25-6-8-28-9-7-25)10-18(26)20-23-11-17(24-20)14-2-4-15(21)5-3-14/h2-5,11,16,18,22H,6-10,12-13H2,1H3,(H,23,24). The van der Waals surface area contributed by atoms with E-state index >= 15 is 0 Å². The molecule has 2 atom stereocenters. The summed E-state index contributed by atoms with van der Waals surface area (Å²) in [5.74, 6) is 0.975. The van der Waals surface area contributed by atoms with Gasteiger partial charge in [0.1, 0.15) is 5.82 Å². The Kier molecular flexibility index (Phi) is 6.10. The van der Waals surface area contributed by atoms with Gasteiger partial charge in [-0.2, -0.15) is 0 Å². The number of likely N-dealkylation sites (tertiary alicyclic amines) is 1. The van der Waals surface area contributed by atoms with Gasteiger partial charge in [0, 0.05) is 30.1 Å². The normalized spacial score (nSPS) is 23.3. The van der Waals surface area contributed by atoms with Gasteiger partial charge in [-0.1, -0.05) is 28.1 Å². The zero-order chi connectivity index (χ0) is 19.5. The lowest BCUT2D eigenvalue weighted by atomic mass is 10.1. The van der Waals surface area contributed by atoms with E-state index in [9.17, 15) is 4.79 Å². The van der Waals surface area contributed by atoms with Gasteiger partial charge < -0.3 is 19.9 Å². The molecule has 1 amide bonds. The summed E-state index contributed by atoms with van der Waals surface area (Å²) in [4.78, 5) is 25.3. The predicted molar refractivity (Wildman–Crippen MR) is 111 cm³/mol. The summed E-state index contributed by atoms with van der Waals surface area (Å²) >= 11 is 3.47. The fourth-order valence-electron chi connectivity index (χ4n) is 4.09. The Morgan fingerprint density at radius 3 is 2.79 bits per heavy atom. The van der Waals surface area contributed by atoms with Gasteiger partial charge in [0.15, 0.2) is 0 Å². The van der Waals surface area contributed by atoms with Crippen LogP contribution in [0.25, 0.3) is 11.3 Å². The van der Waals surface area contributed by atoms with E-state index in [1.807, 2.05) is 23.2 Å². The molecule has 2 aromatic rings. The molecule has 0 spiro atoms. The first kappa shape index (κ1) is 19.6. The first-order valence-electron chi connectivity index (χ1n) is 9.72. The van der Waals surface area contributed by atoms with Crippen LogP contribution in [0.3, 0.4) is 0 Å². The fourth-order valence-corrected chi connectivity index (χ4v) is 4.36. The zero-order valence-corrected chi connectivity index (χ0v) is 17.6. The number of hydrogen-bond acceptors (Lipinski definition) is 5. The van der Waals surface area contributed by atoms with E-state index in [-0.39, 0.29) is 11.9 Å². The van der Waals surface area contributed by atoms with Crippen molar-refractivity contribution in [3.05, 3.63) is 40.8 Å². The highest BCUT2D eigenvalue weighted by molar-refractivity contribution is 9.10. The molecule has 2 unspecified atom stereocenters. The number of rotatable bonds is 5. The smallest absolute Gasteiger partial charge is 0.237 e. The zero-order valence-electron chi connectivity index (χ0n) is 16.0. The van der Waals surface area contributed by atoms with Crippen LogP contribution in [0.4, 0.5) is 0 Å².